The maximum Gasteiger partial charge on any atom is 0.159 e. The van der Waals surface area contributed by atoms with Crippen LogP contribution in [0.4, 0.5) is 8.78 Å². The van der Waals surface area contributed by atoms with Crippen molar-refractivity contribution in [2.45, 2.75) is 18.8 Å². The largest absolute Gasteiger partial charge is 0.204 e. The molecule has 3 rings (SSSR count). The van der Waals surface area contributed by atoms with E-state index in [2.05, 4.69) is 0 Å². The van der Waals surface area contributed by atoms with Crippen LogP contribution in [0.5, 0.6) is 0 Å². The number of hydrogen-bond acceptors (Lipinski definition) is 0. The molecule has 0 saturated carbocycles. The van der Waals surface area contributed by atoms with E-state index in [1.165, 1.54) is 12.1 Å². The molecule has 2 aromatic carbocycles. The zero-order valence-electron chi connectivity index (χ0n) is 9.59. The number of benzene rings is 2. The van der Waals surface area contributed by atoms with Crippen molar-refractivity contribution in [2.75, 3.05) is 0 Å². The van der Waals surface area contributed by atoms with Gasteiger partial charge in [-0.25, -0.2) is 8.78 Å². The summed E-state index contributed by atoms with van der Waals surface area (Å²) in [6.45, 7) is 0. The average molecular weight is 265 g/mol. The van der Waals surface area contributed by atoms with Crippen molar-refractivity contribution >= 4 is 11.6 Å². The molecule has 1 atom stereocenters. The van der Waals surface area contributed by atoms with Gasteiger partial charge in [0.2, 0.25) is 0 Å². The van der Waals surface area contributed by atoms with Crippen LogP contribution in [0.1, 0.15) is 29.0 Å². The van der Waals surface area contributed by atoms with Crippen LogP contribution in [0, 0.1) is 11.6 Å². The molecule has 0 N–H and O–H groups in total. The fourth-order valence-electron chi connectivity index (χ4n) is 2.64. The summed E-state index contributed by atoms with van der Waals surface area (Å²) >= 11 is 5.85. The molecule has 0 nitrogen and oxygen atoms in total. The highest BCUT2D eigenvalue weighted by atomic mass is 35.5. The Morgan fingerprint density at radius 3 is 2.39 bits per heavy atom. The quantitative estimate of drug-likeness (QED) is 0.701. The van der Waals surface area contributed by atoms with Crippen LogP contribution in [0.15, 0.2) is 36.4 Å². The highest BCUT2D eigenvalue weighted by molar-refractivity contribution is 6.30. The minimum atomic E-state index is -0.769. The molecular weight excluding hydrogens is 254 g/mol. The lowest BCUT2D eigenvalue weighted by Gasteiger charge is -2.12. The van der Waals surface area contributed by atoms with E-state index in [0.717, 1.165) is 29.5 Å². The molecule has 3 heteroatoms. The van der Waals surface area contributed by atoms with E-state index in [0.29, 0.717) is 5.02 Å². The van der Waals surface area contributed by atoms with Gasteiger partial charge in [-0.2, -0.15) is 0 Å². The first-order valence-electron chi connectivity index (χ1n) is 5.88. The number of fused-ring (bicyclic) bond motifs is 1. The van der Waals surface area contributed by atoms with E-state index in [1.54, 1.807) is 0 Å². The molecule has 0 spiro atoms. The maximum absolute atomic E-state index is 13.3. The standard InChI is InChI=1S/C15H11ClF2/c16-11-4-1-9(2-5-11)12-6-3-10-7-14(17)15(18)8-13(10)12/h1-2,4-5,7-8,12H,3,6H2. The Balaban J connectivity index is 2.04. The summed E-state index contributed by atoms with van der Waals surface area (Å²) in [6, 6.07) is 10.2. The molecule has 0 saturated heterocycles. The van der Waals surface area contributed by atoms with E-state index in [1.807, 2.05) is 24.3 Å². The first-order valence-corrected chi connectivity index (χ1v) is 6.26. The lowest BCUT2D eigenvalue weighted by atomic mass is 9.93. The van der Waals surface area contributed by atoms with Crippen molar-refractivity contribution < 1.29 is 8.78 Å². The highest BCUT2D eigenvalue weighted by Crippen LogP contribution is 2.39. The van der Waals surface area contributed by atoms with E-state index < -0.39 is 11.6 Å². The molecule has 0 fully saturated rings. The molecule has 0 aliphatic heterocycles. The van der Waals surface area contributed by atoms with Crippen molar-refractivity contribution in [1.29, 1.82) is 0 Å². The van der Waals surface area contributed by atoms with Gasteiger partial charge in [-0.15, -0.1) is 0 Å². The van der Waals surface area contributed by atoms with Crippen LogP contribution in [0.3, 0.4) is 0 Å². The summed E-state index contributed by atoms with van der Waals surface area (Å²) < 4.78 is 26.5. The summed E-state index contributed by atoms with van der Waals surface area (Å²) in [5.74, 6) is -1.38. The second-order valence-corrected chi connectivity index (χ2v) is 5.04. The van der Waals surface area contributed by atoms with Crippen molar-refractivity contribution in [2.24, 2.45) is 0 Å². The van der Waals surface area contributed by atoms with Crippen LogP contribution in [0.2, 0.25) is 5.02 Å². The van der Waals surface area contributed by atoms with Gasteiger partial charge in [-0.1, -0.05) is 23.7 Å². The maximum atomic E-state index is 13.3. The summed E-state index contributed by atoms with van der Waals surface area (Å²) in [5, 5.41) is 0.683. The van der Waals surface area contributed by atoms with Gasteiger partial charge in [0, 0.05) is 10.9 Å². The van der Waals surface area contributed by atoms with E-state index in [9.17, 15) is 8.78 Å². The third-order valence-corrected chi connectivity index (χ3v) is 3.78. The smallest absolute Gasteiger partial charge is 0.159 e. The van der Waals surface area contributed by atoms with Crippen LogP contribution in [-0.2, 0) is 6.42 Å². The van der Waals surface area contributed by atoms with Crippen molar-refractivity contribution in [3.8, 4) is 0 Å². The first-order chi connectivity index (χ1) is 8.65. The molecule has 0 amide bonds. The van der Waals surface area contributed by atoms with E-state index in [-0.39, 0.29) is 5.92 Å². The van der Waals surface area contributed by atoms with Crippen LogP contribution in [0.25, 0.3) is 0 Å². The molecule has 92 valence electrons. The molecule has 0 aromatic heterocycles. The van der Waals surface area contributed by atoms with Crippen molar-refractivity contribution in [3.05, 3.63) is 69.7 Å². The molecule has 18 heavy (non-hydrogen) atoms. The topological polar surface area (TPSA) is 0 Å². The summed E-state index contributed by atoms with van der Waals surface area (Å²) in [5.41, 5.74) is 2.91. The van der Waals surface area contributed by atoms with Gasteiger partial charge in [0.1, 0.15) is 0 Å². The predicted molar refractivity (Wildman–Crippen MR) is 68.0 cm³/mol. The van der Waals surface area contributed by atoms with Gasteiger partial charge in [0.25, 0.3) is 0 Å². The zero-order valence-corrected chi connectivity index (χ0v) is 10.3. The molecular formula is C15H11ClF2. The molecule has 1 aliphatic rings. The molecule has 0 heterocycles. The zero-order chi connectivity index (χ0) is 12.7. The molecule has 0 bridgehead atoms. The summed E-state index contributed by atoms with van der Waals surface area (Å²) in [6.07, 6.45) is 1.68. The first kappa shape index (κ1) is 11.7. The molecule has 1 aliphatic carbocycles. The second kappa shape index (κ2) is 4.36. The number of halogens is 3. The molecule has 1 unspecified atom stereocenters. The van der Waals surface area contributed by atoms with Crippen LogP contribution < -0.4 is 0 Å². The van der Waals surface area contributed by atoms with Crippen LogP contribution >= 0.6 is 11.6 Å². The number of aryl methyl sites for hydroxylation is 1. The third kappa shape index (κ3) is 1.91. The Hall–Kier alpha value is -1.41. The van der Waals surface area contributed by atoms with Gasteiger partial charge in [0.15, 0.2) is 11.6 Å². The normalized spacial score (nSPS) is 17.8. The molecule has 2 aromatic rings. The number of rotatable bonds is 1. The summed E-state index contributed by atoms with van der Waals surface area (Å²) in [7, 11) is 0. The van der Waals surface area contributed by atoms with Gasteiger partial charge < -0.3 is 0 Å². The summed E-state index contributed by atoms with van der Waals surface area (Å²) in [4.78, 5) is 0. The van der Waals surface area contributed by atoms with Crippen molar-refractivity contribution in [1.82, 2.24) is 0 Å². The van der Waals surface area contributed by atoms with E-state index >= 15 is 0 Å². The highest BCUT2D eigenvalue weighted by Gasteiger charge is 2.25. The minimum Gasteiger partial charge on any atom is -0.204 e. The average Bonchev–Trinajstić information content (AvgIpc) is 2.74. The number of hydrogen-bond donors (Lipinski definition) is 0. The minimum absolute atomic E-state index is 0.146. The second-order valence-electron chi connectivity index (χ2n) is 4.61. The van der Waals surface area contributed by atoms with Gasteiger partial charge in [-0.05, 0) is 53.8 Å². The monoisotopic (exact) mass is 264 g/mol. The van der Waals surface area contributed by atoms with Gasteiger partial charge in [0.05, 0.1) is 0 Å². The van der Waals surface area contributed by atoms with Gasteiger partial charge >= 0.3 is 0 Å². The lowest BCUT2D eigenvalue weighted by Crippen LogP contribution is -1.97. The predicted octanol–water partition coefficient (Wildman–Crippen LogP) is 4.70. The van der Waals surface area contributed by atoms with E-state index in [4.69, 9.17) is 11.6 Å². The van der Waals surface area contributed by atoms with Gasteiger partial charge in [-0.3, -0.25) is 0 Å². The Kier molecular flexibility index (Phi) is 2.83. The lowest BCUT2D eigenvalue weighted by molar-refractivity contribution is 0.506. The molecule has 0 radical (unpaired) electrons. The SMILES string of the molecule is Fc1cc2c(cc1F)C(c1ccc(Cl)cc1)CC2. The Morgan fingerprint density at radius 2 is 1.67 bits per heavy atom. The Morgan fingerprint density at radius 1 is 1.00 bits per heavy atom. The van der Waals surface area contributed by atoms with Crippen molar-refractivity contribution in [3.63, 3.8) is 0 Å². The van der Waals surface area contributed by atoms with Crippen LogP contribution in [-0.4, -0.2) is 0 Å². The third-order valence-electron chi connectivity index (χ3n) is 3.53. The Bertz CT molecular complexity index is 590. The fraction of sp³-hybridized carbons (Fsp3) is 0.200. The fourth-order valence-corrected chi connectivity index (χ4v) is 2.77. The Labute approximate surface area is 109 Å².